The average Bonchev–Trinajstić information content (AvgIpc) is 2.70. The van der Waals surface area contributed by atoms with E-state index in [1.54, 1.807) is 25.7 Å². The minimum absolute atomic E-state index is 0.738. The van der Waals surface area contributed by atoms with E-state index in [9.17, 15) is 0 Å². The van der Waals surface area contributed by atoms with Gasteiger partial charge in [0.2, 0.25) is 0 Å². The predicted octanol–water partition coefficient (Wildman–Crippen LogP) is 6.69. The van der Waals surface area contributed by atoms with Crippen LogP contribution < -0.4 is 0 Å². The van der Waals surface area contributed by atoms with Gasteiger partial charge in [-0.15, -0.1) is 0 Å². The molecule has 3 rings (SSSR count). The monoisotopic (exact) mass is 290 g/mol. The Kier molecular flexibility index (Phi) is 4.72. The smallest absolute Gasteiger partial charge is 0.0235 e. The molecule has 6 atom stereocenters. The van der Waals surface area contributed by atoms with Crippen LogP contribution in [0, 0.1) is 40.9 Å². The first-order valence-corrected chi connectivity index (χ1v) is 10.1. The van der Waals surface area contributed by atoms with Gasteiger partial charge in [0, 0.05) is 0 Å². The number of hydrogen-bond donors (Lipinski definition) is 0. The molecule has 0 saturated heterocycles. The molecule has 3 aliphatic carbocycles. The van der Waals surface area contributed by atoms with Gasteiger partial charge in [0.25, 0.3) is 0 Å². The van der Waals surface area contributed by atoms with Crippen LogP contribution >= 0.6 is 0 Å². The second kappa shape index (κ2) is 6.25. The highest BCUT2D eigenvalue weighted by Gasteiger charge is 2.59. The van der Waals surface area contributed by atoms with E-state index >= 15 is 0 Å². The Hall–Kier alpha value is 0. The summed E-state index contributed by atoms with van der Waals surface area (Å²) in [6.07, 6.45) is 15.2. The molecule has 0 amide bonds. The lowest BCUT2D eigenvalue weighted by molar-refractivity contribution is 0.0379. The fraction of sp³-hybridized carbons (Fsp3) is 1.00. The van der Waals surface area contributed by atoms with Crippen molar-refractivity contribution in [1.29, 1.82) is 0 Å². The molecular weight excluding hydrogens is 252 g/mol. The zero-order chi connectivity index (χ0) is 15.0. The van der Waals surface area contributed by atoms with Crippen LogP contribution in [0.1, 0.15) is 91.9 Å². The quantitative estimate of drug-likeness (QED) is 0.541. The molecule has 0 radical (unpaired) electrons. The van der Waals surface area contributed by atoms with Crippen LogP contribution in [-0.2, 0) is 0 Å². The van der Waals surface area contributed by atoms with Crippen molar-refractivity contribution in [3.63, 3.8) is 0 Å². The van der Waals surface area contributed by atoms with Crippen LogP contribution in [0.15, 0.2) is 0 Å². The van der Waals surface area contributed by atoms with Gasteiger partial charge in [-0.25, -0.2) is 0 Å². The number of hydrogen-bond acceptors (Lipinski definition) is 0. The van der Waals surface area contributed by atoms with Gasteiger partial charge in [-0.3, -0.25) is 0 Å². The maximum absolute atomic E-state index is 2.53. The van der Waals surface area contributed by atoms with Crippen molar-refractivity contribution >= 4 is 0 Å². The molecular formula is C21H38. The lowest BCUT2D eigenvalue weighted by atomic mass is 9.59. The van der Waals surface area contributed by atoms with Crippen molar-refractivity contribution in [1.82, 2.24) is 0 Å². The van der Waals surface area contributed by atoms with E-state index in [-0.39, 0.29) is 0 Å². The first kappa shape index (κ1) is 15.9. The normalized spacial score (nSPS) is 45.1. The molecule has 21 heavy (non-hydrogen) atoms. The van der Waals surface area contributed by atoms with Crippen molar-refractivity contribution in [2.24, 2.45) is 40.9 Å². The van der Waals surface area contributed by atoms with Gasteiger partial charge < -0.3 is 0 Å². The predicted molar refractivity (Wildman–Crippen MR) is 92.2 cm³/mol. The Labute approximate surface area is 133 Å². The third-order valence-electron chi connectivity index (χ3n) is 7.79. The Morgan fingerprint density at radius 2 is 1.14 bits per heavy atom. The highest BCUT2D eigenvalue weighted by molar-refractivity contribution is 5.08. The molecule has 0 spiro atoms. The van der Waals surface area contributed by atoms with Gasteiger partial charge in [-0.05, 0) is 79.4 Å². The summed E-state index contributed by atoms with van der Waals surface area (Å²) < 4.78 is 0. The highest BCUT2D eigenvalue weighted by Crippen LogP contribution is 2.67. The van der Waals surface area contributed by atoms with E-state index in [0.717, 1.165) is 40.9 Å². The Bertz CT molecular complexity index is 310. The van der Waals surface area contributed by atoms with E-state index in [4.69, 9.17) is 0 Å². The molecule has 6 unspecified atom stereocenters. The van der Waals surface area contributed by atoms with Gasteiger partial charge in [0.1, 0.15) is 0 Å². The molecule has 0 bridgehead atoms. The molecule has 0 N–H and O–H groups in total. The van der Waals surface area contributed by atoms with Crippen molar-refractivity contribution in [2.45, 2.75) is 91.9 Å². The van der Waals surface area contributed by atoms with Crippen LogP contribution in [0.4, 0.5) is 0 Å². The van der Waals surface area contributed by atoms with Crippen molar-refractivity contribution in [3.05, 3.63) is 0 Å². The van der Waals surface area contributed by atoms with E-state index in [2.05, 4.69) is 27.7 Å². The first-order valence-electron chi connectivity index (χ1n) is 10.1. The largest absolute Gasteiger partial charge is 0.0654 e. The Balaban J connectivity index is 1.95. The summed E-state index contributed by atoms with van der Waals surface area (Å²) in [5, 5.41) is 0. The summed E-state index contributed by atoms with van der Waals surface area (Å²) in [7, 11) is 0. The SMILES string of the molecule is CCCC1(CCC)C2CC(C)CCC2C2CCC(C)CC21. The average molecular weight is 291 g/mol. The molecule has 3 aliphatic rings. The van der Waals surface area contributed by atoms with Crippen LogP contribution in [-0.4, -0.2) is 0 Å². The van der Waals surface area contributed by atoms with Gasteiger partial charge >= 0.3 is 0 Å². The van der Waals surface area contributed by atoms with E-state index in [1.807, 2.05) is 0 Å². The Morgan fingerprint density at radius 1 is 0.714 bits per heavy atom. The summed E-state index contributed by atoms with van der Waals surface area (Å²) in [5.41, 5.74) is 0.738. The Morgan fingerprint density at radius 3 is 1.52 bits per heavy atom. The van der Waals surface area contributed by atoms with E-state index in [0.29, 0.717) is 0 Å². The molecule has 0 aliphatic heterocycles. The fourth-order valence-corrected chi connectivity index (χ4v) is 7.23. The van der Waals surface area contributed by atoms with Crippen molar-refractivity contribution < 1.29 is 0 Å². The maximum Gasteiger partial charge on any atom is -0.0235 e. The first-order chi connectivity index (χ1) is 10.1. The van der Waals surface area contributed by atoms with Gasteiger partial charge in [0.05, 0.1) is 0 Å². The standard InChI is InChI=1S/C21H38/c1-5-11-21(12-6-2)19-13-15(3)7-9-17(19)18-10-8-16(4)14-20(18)21/h15-20H,5-14H2,1-4H3. The van der Waals surface area contributed by atoms with Crippen LogP contribution in [0.3, 0.4) is 0 Å². The minimum Gasteiger partial charge on any atom is -0.0654 e. The summed E-state index contributed by atoms with van der Waals surface area (Å²) in [4.78, 5) is 0. The topological polar surface area (TPSA) is 0 Å². The molecule has 0 heterocycles. The molecule has 3 saturated carbocycles. The van der Waals surface area contributed by atoms with Crippen molar-refractivity contribution in [3.8, 4) is 0 Å². The fourth-order valence-electron chi connectivity index (χ4n) is 7.23. The van der Waals surface area contributed by atoms with Crippen molar-refractivity contribution in [2.75, 3.05) is 0 Å². The van der Waals surface area contributed by atoms with Crippen LogP contribution in [0.2, 0.25) is 0 Å². The molecule has 0 aromatic heterocycles. The lowest BCUT2D eigenvalue weighted by Crippen LogP contribution is -2.37. The van der Waals surface area contributed by atoms with Crippen LogP contribution in [0.25, 0.3) is 0 Å². The lowest BCUT2D eigenvalue weighted by Gasteiger charge is -2.46. The summed E-state index contributed by atoms with van der Waals surface area (Å²) in [6, 6.07) is 0. The molecule has 0 nitrogen and oxygen atoms in total. The zero-order valence-electron chi connectivity index (χ0n) is 15.0. The number of fused-ring (bicyclic) bond motifs is 3. The van der Waals surface area contributed by atoms with Crippen LogP contribution in [0.5, 0.6) is 0 Å². The summed E-state index contributed by atoms with van der Waals surface area (Å²) in [6.45, 7) is 9.95. The second-order valence-corrected chi connectivity index (χ2v) is 9.11. The van der Waals surface area contributed by atoms with Gasteiger partial charge in [0.15, 0.2) is 0 Å². The maximum atomic E-state index is 2.53. The minimum atomic E-state index is 0.738. The zero-order valence-corrected chi connectivity index (χ0v) is 15.0. The second-order valence-electron chi connectivity index (χ2n) is 9.11. The third-order valence-corrected chi connectivity index (χ3v) is 7.79. The number of rotatable bonds is 4. The third kappa shape index (κ3) is 2.59. The molecule has 0 aromatic carbocycles. The summed E-state index contributed by atoms with van der Waals surface area (Å²) in [5.74, 6) is 6.38. The van der Waals surface area contributed by atoms with Gasteiger partial charge in [-0.1, -0.05) is 53.4 Å². The van der Waals surface area contributed by atoms with E-state index < -0.39 is 0 Å². The highest BCUT2D eigenvalue weighted by atomic mass is 14.6. The molecule has 0 aromatic rings. The molecule has 3 fully saturated rings. The van der Waals surface area contributed by atoms with E-state index in [1.165, 1.54) is 38.5 Å². The summed E-state index contributed by atoms with van der Waals surface area (Å²) >= 11 is 0. The molecule has 0 heteroatoms. The molecule has 122 valence electrons. The van der Waals surface area contributed by atoms with Gasteiger partial charge in [-0.2, -0.15) is 0 Å².